The molecule has 0 fully saturated rings. The van der Waals surface area contributed by atoms with Crippen molar-refractivity contribution in [1.82, 2.24) is 20.2 Å². The van der Waals surface area contributed by atoms with E-state index in [1.165, 1.54) is 16.9 Å². The Kier molecular flexibility index (Phi) is 4.62. The Labute approximate surface area is 116 Å². The Balaban J connectivity index is 2.03. The highest BCUT2D eigenvalue weighted by Crippen LogP contribution is 2.18. The first-order chi connectivity index (χ1) is 9.56. The van der Waals surface area contributed by atoms with Gasteiger partial charge in [-0.2, -0.15) is 4.80 Å². The van der Waals surface area contributed by atoms with Crippen LogP contribution in [0.2, 0.25) is 0 Å². The van der Waals surface area contributed by atoms with Gasteiger partial charge in [0.2, 0.25) is 5.82 Å². The molecule has 0 aliphatic rings. The average Bonchev–Trinajstić information content (AvgIpc) is 2.81. The van der Waals surface area contributed by atoms with E-state index in [1.807, 2.05) is 6.92 Å². The molecular formula is C13H18FN5O. The number of aromatic nitrogens is 4. The molecule has 7 heteroatoms. The molecule has 1 atom stereocenters. The van der Waals surface area contributed by atoms with Crippen LogP contribution in [0.25, 0.3) is 0 Å². The number of rotatable bonds is 6. The normalized spacial score (nSPS) is 12.4. The molecule has 6 nitrogen and oxygen atoms in total. The molecular weight excluding hydrogens is 261 g/mol. The summed E-state index contributed by atoms with van der Waals surface area (Å²) < 4.78 is 19.0. The SMILES string of the molecule is CCC(N)Cc1cc(F)cc(OCc2nnn(C)n2)c1. The van der Waals surface area contributed by atoms with Gasteiger partial charge in [0.25, 0.3) is 0 Å². The van der Waals surface area contributed by atoms with Crippen LogP contribution in [0, 0.1) is 5.82 Å². The molecule has 0 radical (unpaired) electrons. The quantitative estimate of drug-likeness (QED) is 0.859. The second-order valence-electron chi connectivity index (χ2n) is 4.65. The number of hydrogen-bond acceptors (Lipinski definition) is 5. The molecule has 0 aliphatic carbocycles. The van der Waals surface area contributed by atoms with Crippen molar-refractivity contribution in [3.8, 4) is 5.75 Å². The third kappa shape index (κ3) is 3.99. The highest BCUT2D eigenvalue weighted by Gasteiger charge is 2.07. The van der Waals surface area contributed by atoms with Gasteiger partial charge < -0.3 is 10.5 Å². The highest BCUT2D eigenvalue weighted by atomic mass is 19.1. The number of benzene rings is 1. The zero-order chi connectivity index (χ0) is 14.5. The van der Waals surface area contributed by atoms with E-state index >= 15 is 0 Å². The third-order valence-corrected chi connectivity index (χ3v) is 2.87. The molecule has 0 amide bonds. The van der Waals surface area contributed by atoms with Crippen molar-refractivity contribution in [2.45, 2.75) is 32.4 Å². The molecule has 1 aromatic heterocycles. The van der Waals surface area contributed by atoms with Crippen molar-refractivity contribution >= 4 is 0 Å². The van der Waals surface area contributed by atoms with Crippen LogP contribution in [-0.2, 0) is 20.1 Å². The summed E-state index contributed by atoms with van der Waals surface area (Å²) in [5.74, 6) is 0.548. The predicted molar refractivity (Wildman–Crippen MR) is 71.5 cm³/mol. The number of nitrogens with two attached hydrogens (primary N) is 1. The Morgan fingerprint density at radius 3 is 2.85 bits per heavy atom. The first-order valence-electron chi connectivity index (χ1n) is 6.47. The van der Waals surface area contributed by atoms with Crippen LogP contribution in [0.3, 0.4) is 0 Å². The number of hydrogen-bond donors (Lipinski definition) is 1. The minimum atomic E-state index is -0.340. The van der Waals surface area contributed by atoms with E-state index in [-0.39, 0.29) is 18.5 Å². The summed E-state index contributed by atoms with van der Waals surface area (Å²) in [4.78, 5) is 1.34. The van der Waals surface area contributed by atoms with E-state index in [2.05, 4.69) is 15.4 Å². The van der Waals surface area contributed by atoms with Gasteiger partial charge in [0.1, 0.15) is 11.6 Å². The summed E-state index contributed by atoms with van der Waals surface area (Å²) >= 11 is 0. The lowest BCUT2D eigenvalue weighted by Crippen LogP contribution is -2.21. The Morgan fingerprint density at radius 2 is 2.20 bits per heavy atom. The molecule has 1 unspecified atom stereocenters. The van der Waals surface area contributed by atoms with Crippen LogP contribution in [-0.4, -0.2) is 26.2 Å². The van der Waals surface area contributed by atoms with Gasteiger partial charge in [-0.1, -0.05) is 6.92 Å². The van der Waals surface area contributed by atoms with Crippen LogP contribution in [0.1, 0.15) is 24.7 Å². The summed E-state index contributed by atoms with van der Waals surface area (Å²) in [5, 5.41) is 11.5. The summed E-state index contributed by atoms with van der Waals surface area (Å²) in [6.45, 7) is 2.15. The van der Waals surface area contributed by atoms with Crippen LogP contribution >= 0.6 is 0 Å². The number of halogens is 1. The fourth-order valence-corrected chi connectivity index (χ4v) is 1.80. The maximum Gasteiger partial charge on any atom is 0.212 e. The molecule has 0 bridgehead atoms. The molecule has 2 aromatic rings. The monoisotopic (exact) mass is 279 g/mol. The van der Waals surface area contributed by atoms with Crippen molar-refractivity contribution in [3.63, 3.8) is 0 Å². The predicted octanol–water partition coefficient (Wildman–Crippen LogP) is 1.21. The van der Waals surface area contributed by atoms with Crippen LogP contribution in [0.4, 0.5) is 4.39 Å². The Morgan fingerprint density at radius 1 is 1.40 bits per heavy atom. The van der Waals surface area contributed by atoms with Crippen LogP contribution in [0.15, 0.2) is 18.2 Å². The van der Waals surface area contributed by atoms with Crippen LogP contribution < -0.4 is 10.5 Å². The zero-order valence-electron chi connectivity index (χ0n) is 11.6. The number of tetrazole rings is 1. The van der Waals surface area contributed by atoms with E-state index in [9.17, 15) is 4.39 Å². The van der Waals surface area contributed by atoms with Crippen molar-refractivity contribution in [1.29, 1.82) is 0 Å². The largest absolute Gasteiger partial charge is 0.485 e. The molecule has 0 aliphatic heterocycles. The molecule has 0 spiro atoms. The maximum atomic E-state index is 13.5. The van der Waals surface area contributed by atoms with Gasteiger partial charge in [0.05, 0.1) is 7.05 Å². The highest BCUT2D eigenvalue weighted by molar-refractivity contribution is 5.30. The van der Waals surface area contributed by atoms with Gasteiger partial charge >= 0.3 is 0 Å². The van der Waals surface area contributed by atoms with Crippen molar-refractivity contribution in [3.05, 3.63) is 35.4 Å². The van der Waals surface area contributed by atoms with Crippen molar-refractivity contribution < 1.29 is 9.13 Å². The van der Waals surface area contributed by atoms with Crippen LogP contribution in [0.5, 0.6) is 5.75 Å². The van der Waals surface area contributed by atoms with E-state index < -0.39 is 0 Å². The zero-order valence-corrected chi connectivity index (χ0v) is 11.6. The third-order valence-electron chi connectivity index (χ3n) is 2.87. The fraction of sp³-hybridized carbons (Fsp3) is 0.462. The summed E-state index contributed by atoms with van der Waals surface area (Å²) in [7, 11) is 1.67. The molecule has 1 heterocycles. The molecule has 20 heavy (non-hydrogen) atoms. The first kappa shape index (κ1) is 14.4. The lowest BCUT2D eigenvalue weighted by Gasteiger charge is -2.11. The summed E-state index contributed by atoms with van der Waals surface area (Å²) in [6.07, 6.45) is 1.46. The Bertz CT molecular complexity index is 572. The average molecular weight is 279 g/mol. The Hall–Kier alpha value is -2.02. The second kappa shape index (κ2) is 6.42. The summed E-state index contributed by atoms with van der Waals surface area (Å²) in [6, 6.07) is 4.61. The van der Waals surface area contributed by atoms with E-state index in [1.54, 1.807) is 13.1 Å². The maximum absolute atomic E-state index is 13.5. The number of ether oxygens (including phenoxy) is 1. The second-order valence-corrected chi connectivity index (χ2v) is 4.65. The molecule has 0 saturated heterocycles. The van der Waals surface area contributed by atoms with Gasteiger partial charge in [0.15, 0.2) is 6.61 Å². The van der Waals surface area contributed by atoms with E-state index in [4.69, 9.17) is 10.5 Å². The number of nitrogens with zero attached hydrogens (tertiary/aromatic N) is 4. The first-order valence-corrected chi connectivity index (χ1v) is 6.47. The van der Waals surface area contributed by atoms with Gasteiger partial charge in [0, 0.05) is 12.1 Å². The topological polar surface area (TPSA) is 78.9 Å². The van der Waals surface area contributed by atoms with Crippen molar-refractivity contribution in [2.75, 3.05) is 0 Å². The molecule has 1 aromatic carbocycles. The molecule has 0 saturated carbocycles. The van der Waals surface area contributed by atoms with Gasteiger partial charge in [-0.05, 0) is 35.8 Å². The van der Waals surface area contributed by atoms with E-state index in [0.29, 0.717) is 18.0 Å². The lowest BCUT2D eigenvalue weighted by molar-refractivity contribution is 0.293. The van der Waals surface area contributed by atoms with Gasteiger partial charge in [-0.3, -0.25) is 0 Å². The molecule has 2 N–H and O–H groups in total. The fourth-order valence-electron chi connectivity index (χ4n) is 1.80. The minimum absolute atomic E-state index is 0.0197. The number of aryl methyl sites for hydroxylation is 1. The smallest absolute Gasteiger partial charge is 0.212 e. The lowest BCUT2D eigenvalue weighted by atomic mass is 10.0. The standard InChI is InChI=1S/C13H18FN5O/c1-3-11(15)5-9-4-10(14)7-12(6-9)20-8-13-16-18-19(2)17-13/h4,6-7,11H,3,5,8,15H2,1-2H3. The minimum Gasteiger partial charge on any atom is -0.485 e. The van der Waals surface area contributed by atoms with Gasteiger partial charge in [-0.15, -0.1) is 10.2 Å². The van der Waals surface area contributed by atoms with Gasteiger partial charge in [-0.25, -0.2) is 4.39 Å². The van der Waals surface area contributed by atoms with E-state index in [0.717, 1.165) is 12.0 Å². The molecule has 2 rings (SSSR count). The van der Waals surface area contributed by atoms with Crippen molar-refractivity contribution in [2.24, 2.45) is 12.8 Å². The summed E-state index contributed by atoms with van der Waals surface area (Å²) in [5.41, 5.74) is 6.70. The molecule has 108 valence electrons.